The molecule has 3 atom stereocenters. The summed E-state index contributed by atoms with van der Waals surface area (Å²) in [5, 5.41) is 0. The third kappa shape index (κ3) is 5.55. The van der Waals surface area contributed by atoms with Crippen LogP contribution in [0.5, 0.6) is 0 Å². The van der Waals surface area contributed by atoms with E-state index in [-0.39, 0.29) is 0 Å². The average Bonchev–Trinajstić information content (AvgIpc) is 2.18. The van der Waals surface area contributed by atoms with Crippen LogP contribution in [0.25, 0.3) is 0 Å². The first-order valence-corrected chi connectivity index (χ1v) is 6.84. The van der Waals surface area contributed by atoms with E-state index in [2.05, 4.69) is 20.8 Å². The molecule has 0 amide bonds. The molecule has 1 heteroatoms. The predicted molar refractivity (Wildman–Crippen MR) is 66.1 cm³/mol. The summed E-state index contributed by atoms with van der Waals surface area (Å²) in [6.45, 7) is 7.95. The van der Waals surface area contributed by atoms with Gasteiger partial charge in [0.2, 0.25) is 0 Å². The van der Waals surface area contributed by atoms with Gasteiger partial charge >= 0.3 is 0 Å². The molecule has 90 valence electrons. The van der Waals surface area contributed by atoms with Crippen molar-refractivity contribution in [3.05, 3.63) is 0 Å². The van der Waals surface area contributed by atoms with E-state index in [1.165, 1.54) is 44.9 Å². The van der Waals surface area contributed by atoms with Crippen LogP contribution >= 0.6 is 0 Å². The second kappa shape index (κ2) is 7.27. The van der Waals surface area contributed by atoms with Crippen molar-refractivity contribution in [2.24, 2.45) is 11.8 Å². The molecular weight excluding hydrogens is 184 g/mol. The van der Waals surface area contributed by atoms with Crippen molar-refractivity contribution in [3.63, 3.8) is 0 Å². The summed E-state index contributed by atoms with van der Waals surface area (Å²) >= 11 is 0. The zero-order chi connectivity index (χ0) is 11.1. The summed E-state index contributed by atoms with van der Waals surface area (Å²) in [6.07, 6.45) is 9.85. The van der Waals surface area contributed by atoms with Crippen LogP contribution in [0, 0.1) is 11.8 Å². The van der Waals surface area contributed by atoms with Crippen LogP contribution in [-0.2, 0) is 4.74 Å². The van der Waals surface area contributed by atoms with Gasteiger partial charge in [0.1, 0.15) is 0 Å². The molecule has 1 fully saturated rings. The molecule has 1 saturated carbocycles. The predicted octanol–water partition coefficient (Wildman–Crippen LogP) is 4.41. The van der Waals surface area contributed by atoms with Crippen LogP contribution in [0.2, 0.25) is 0 Å². The molecule has 0 aromatic rings. The fourth-order valence-electron chi connectivity index (χ4n) is 2.60. The van der Waals surface area contributed by atoms with Gasteiger partial charge in [-0.05, 0) is 31.1 Å². The zero-order valence-electron chi connectivity index (χ0n) is 10.8. The van der Waals surface area contributed by atoms with E-state index in [0.717, 1.165) is 18.4 Å². The van der Waals surface area contributed by atoms with Gasteiger partial charge < -0.3 is 4.74 Å². The van der Waals surface area contributed by atoms with Gasteiger partial charge in [0.15, 0.2) is 0 Å². The lowest BCUT2D eigenvalue weighted by molar-refractivity contribution is 0.00964. The molecule has 0 bridgehead atoms. The Morgan fingerprint density at radius 2 is 2.07 bits per heavy atom. The average molecular weight is 212 g/mol. The number of hydrogen-bond acceptors (Lipinski definition) is 1. The van der Waals surface area contributed by atoms with Crippen LogP contribution in [0.1, 0.15) is 65.7 Å². The van der Waals surface area contributed by atoms with Crippen LogP contribution in [0.4, 0.5) is 0 Å². The highest BCUT2D eigenvalue weighted by molar-refractivity contribution is 4.70. The SMILES string of the molecule is CCCC(C)CCOC1CCCC(C)C1. The molecule has 0 spiro atoms. The number of ether oxygens (including phenoxy) is 1. The van der Waals surface area contributed by atoms with Crippen molar-refractivity contribution in [1.82, 2.24) is 0 Å². The third-order valence-corrected chi connectivity index (χ3v) is 3.63. The van der Waals surface area contributed by atoms with E-state index in [9.17, 15) is 0 Å². The Morgan fingerprint density at radius 3 is 2.73 bits per heavy atom. The van der Waals surface area contributed by atoms with Crippen molar-refractivity contribution in [1.29, 1.82) is 0 Å². The highest BCUT2D eigenvalue weighted by Gasteiger charge is 2.19. The normalized spacial score (nSPS) is 29.0. The quantitative estimate of drug-likeness (QED) is 0.634. The van der Waals surface area contributed by atoms with E-state index >= 15 is 0 Å². The maximum atomic E-state index is 5.97. The maximum absolute atomic E-state index is 5.97. The lowest BCUT2D eigenvalue weighted by Gasteiger charge is -2.27. The second-order valence-corrected chi connectivity index (χ2v) is 5.45. The summed E-state index contributed by atoms with van der Waals surface area (Å²) in [7, 11) is 0. The monoisotopic (exact) mass is 212 g/mol. The van der Waals surface area contributed by atoms with Gasteiger partial charge in [0, 0.05) is 6.61 Å². The molecule has 0 aromatic carbocycles. The summed E-state index contributed by atoms with van der Waals surface area (Å²) in [5.74, 6) is 1.73. The number of rotatable bonds is 6. The van der Waals surface area contributed by atoms with Gasteiger partial charge in [-0.3, -0.25) is 0 Å². The van der Waals surface area contributed by atoms with Gasteiger partial charge in [-0.15, -0.1) is 0 Å². The summed E-state index contributed by atoms with van der Waals surface area (Å²) in [5.41, 5.74) is 0. The van der Waals surface area contributed by atoms with Gasteiger partial charge in [-0.25, -0.2) is 0 Å². The van der Waals surface area contributed by atoms with Crippen molar-refractivity contribution in [3.8, 4) is 0 Å². The first-order valence-electron chi connectivity index (χ1n) is 6.84. The minimum absolute atomic E-state index is 0.572. The smallest absolute Gasteiger partial charge is 0.0577 e. The van der Waals surface area contributed by atoms with Crippen molar-refractivity contribution < 1.29 is 4.74 Å². The lowest BCUT2D eigenvalue weighted by Crippen LogP contribution is -2.22. The molecular formula is C14H28O. The van der Waals surface area contributed by atoms with E-state index < -0.39 is 0 Å². The number of hydrogen-bond donors (Lipinski definition) is 0. The molecule has 1 aliphatic rings. The molecule has 0 aromatic heterocycles. The maximum Gasteiger partial charge on any atom is 0.0577 e. The molecule has 0 radical (unpaired) electrons. The van der Waals surface area contributed by atoms with Gasteiger partial charge in [-0.2, -0.15) is 0 Å². The molecule has 1 aliphatic carbocycles. The van der Waals surface area contributed by atoms with E-state index in [1.54, 1.807) is 0 Å². The van der Waals surface area contributed by atoms with Crippen LogP contribution in [0.3, 0.4) is 0 Å². The van der Waals surface area contributed by atoms with Gasteiger partial charge in [0.25, 0.3) is 0 Å². The molecule has 3 unspecified atom stereocenters. The first-order chi connectivity index (χ1) is 7.22. The fraction of sp³-hybridized carbons (Fsp3) is 1.00. The van der Waals surface area contributed by atoms with E-state index in [4.69, 9.17) is 4.74 Å². The van der Waals surface area contributed by atoms with Gasteiger partial charge in [0.05, 0.1) is 6.10 Å². The highest BCUT2D eigenvalue weighted by atomic mass is 16.5. The molecule has 1 rings (SSSR count). The minimum atomic E-state index is 0.572. The summed E-state index contributed by atoms with van der Waals surface area (Å²) < 4.78 is 5.97. The topological polar surface area (TPSA) is 9.23 Å². The molecule has 0 N–H and O–H groups in total. The molecule has 0 aliphatic heterocycles. The van der Waals surface area contributed by atoms with Crippen LogP contribution < -0.4 is 0 Å². The molecule has 1 nitrogen and oxygen atoms in total. The van der Waals surface area contributed by atoms with Gasteiger partial charge in [-0.1, -0.05) is 46.5 Å². The Morgan fingerprint density at radius 1 is 1.27 bits per heavy atom. The Balaban J connectivity index is 2.03. The van der Waals surface area contributed by atoms with Crippen LogP contribution in [-0.4, -0.2) is 12.7 Å². The first kappa shape index (κ1) is 13.0. The minimum Gasteiger partial charge on any atom is -0.378 e. The van der Waals surface area contributed by atoms with Crippen molar-refractivity contribution in [2.45, 2.75) is 71.8 Å². The van der Waals surface area contributed by atoms with Crippen LogP contribution in [0.15, 0.2) is 0 Å². The van der Waals surface area contributed by atoms with Crippen molar-refractivity contribution >= 4 is 0 Å². The third-order valence-electron chi connectivity index (χ3n) is 3.63. The highest BCUT2D eigenvalue weighted by Crippen LogP contribution is 2.26. The summed E-state index contributed by atoms with van der Waals surface area (Å²) in [6, 6.07) is 0. The molecule has 15 heavy (non-hydrogen) atoms. The second-order valence-electron chi connectivity index (χ2n) is 5.45. The summed E-state index contributed by atoms with van der Waals surface area (Å²) in [4.78, 5) is 0. The fourth-order valence-corrected chi connectivity index (χ4v) is 2.60. The lowest BCUT2D eigenvalue weighted by atomic mass is 9.89. The molecule has 0 saturated heterocycles. The molecule has 0 heterocycles. The Bertz CT molecular complexity index is 155. The Labute approximate surface area is 95.6 Å². The Hall–Kier alpha value is -0.0400. The largest absolute Gasteiger partial charge is 0.378 e. The van der Waals surface area contributed by atoms with E-state index in [0.29, 0.717) is 6.10 Å². The Kier molecular flexibility index (Phi) is 6.31. The zero-order valence-corrected chi connectivity index (χ0v) is 10.8. The van der Waals surface area contributed by atoms with E-state index in [1.807, 2.05) is 0 Å². The standard InChI is InChI=1S/C14H28O/c1-4-6-12(2)9-10-15-14-8-5-7-13(3)11-14/h12-14H,4-11H2,1-3H3. The van der Waals surface area contributed by atoms with Crippen molar-refractivity contribution in [2.75, 3.05) is 6.61 Å².